The quantitative estimate of drug-likeness (QED) is 0.642. The molecule has 0 radical (unpaired) electrons. The zero-order chi connectivity index (χ0) is 22.7. The van der Waals surface area contributed by atoms with Crippen LogP contribution in [-0.4, -0.2) is 31.6 Å². The molecule has 1 atom stereocenters. The SMILES string of the molecule is COc1ccc(N2C(=O)c3ccccc3CC2(C)C(=O)NCc2ccccc2OC)cc1. The van der Waals surface area contributed by atoms with Crippen molar-refractivity contribution in [3.63, 3.8) is 0 Å². The first-order valence-electron chi connectivity index (χ1n) is 10.4. The van der Waals surface area contributed by atoms with E-state index in [1.54, 1.807) is 49.5 Å². The molecule has 0 bridgehead atoms. The van der Waals surface area contributed by atoms with Crippen molar-refractivity contribution in [3.8, 4) is 11.5 Å². The zero-order valence-electron chi connectivity index (χ0n) is 18.4. The van der Waals surface area contributed by atoms with E-state index in [9.17, 15) is 9.59 Å². The van der Waals surface area contributed by atoms with Crippen LogP contribution < -0.4 is 19.7 Å². The molecule has 0 fully saturated rings. The highest BCUT2D eigenvalue weighted by Crippen LogP contribution is 2.36. The highest BCUT2D eigenvalue weighted by molar-refractivity contribution is 6.14. The van der Waals surface area contributed by atoms with Gasteiger partial charge in [0.25, 0.3) is 5.91 Å². The summed E-state index contributed by atoms with van der Waals surface area (Å²) in [7, 11) is 3.19. The second-order valence-electron chi connectivity index (χ2n) is 7.94. The molecule has 1 aliphatic heterocycles. The van der Waals surface area contributed by atoms with Crippen LogP contribution in [0.4, 0.5) is 5.69 Å². The molecular weight excluding hydrogens is 404 g/mol. The first-order valence-corrected chi connectivity index (χ1v) is 10.4. The summed E-state index contributed by atoms with van der Waals surface area (Å²) in [6.45, 7) is 2.10. The van der Waals surface area contributed by atoms with Gasteiger partial charge in [0.15, 0.2) is 0 Å². The Labute approximate surface area is 187 Å². The number of nitrogens with one attached hydrogen (secondary N) is 1. The summed E-state index contributed by atoms with van der Waals surface area (Å²) in [6.07, 6.45) is 0.401. The minimum atomic E-state index is -1.11. The van der Waals surface area contributed by atoms with Crippen LogP contribution in [-0.2, 0) is 17.8 Å². The maximum atomic E-state index is 13.6. The van der Waals surface area contributed by atoms with Crippen LogP contribution in [0.2, 0.25) is 0 Å². The van der Waals surface area contributed by atoms with Gasteiger partial charge in [0.2, 0.25) is 5.91 Å². The van der Waals surface area contributed by atoms with E-state index in [0.717, 1.165) is 11.1 Å². The Morgan fingerprint density at radius 1 is 0.969 bits per heavy atom. The smallest absolute Gasteiger partial charge is 0.259 e. The molecule has 4 rings (SSSR count). The summed E-state index contributed by atoms with van der Waals surface area (Å²) in [5.74, 6) is 0.949. The number of benzene rings is 3. The molecule has 0 spiro atoms. The van der Waals surface area contributed by atoms with Gasteiger partial charge in [-0.1, -0.05) is 36.4 Å². The Morgan fingerprint density at radius 3 is 2.38 bits per heavy atom. The molecule has 1 heterocycles. The molecule has 1 aliphatic rings. The van der Waals surface area contributed by atoms with Crippen LogP contribution in [0.1, 0.15) is 28.4 Å². The average Bonchev–Trinajstić information content (AvgIpc) is 2.83. The second-order valence-corrected chi connectivity index (χ2v) is 7.94. The first kappa shape index (κ1) is 21.4. The van der Waals surface area contributed by atoms with Crippen molar-refractivity contribution in [2.75, 3.05) is 19.1 Å². The Hall–Kier alpha value is -3.80. The number of anilines is 1. The number of amides is 2. The summed E-state index contributed by atoms with van der Waals surface area (Å²) in [5, 5.41) is 3.02. The van der Waals surface area contributed by atoms with Crippen molar-refractivity contribution >= 4 is 17.5 Å². The van der Waals surface area contributed by atoms with Crippen LogP contribution in [0.15, 0.2) is 72.8 Å². The maximum Gasteiger partial charge on any atom is 0.259 e. The van der Waals surface area contributed by atoms with Gasteiger partial charge >= 0.3 is 0 Å². The summed E-state index contributed by atoms with van der Waals surface area (Å²) < 4.78 is 10.7. The van der Waals surface area contributed by atoms with Gasteiger partial charge in [0.1, 0.15) is 17.0 Å². The van der Waals surface area contributed by atoms with E-state index in [2.05, 4.69) is 5.32 Å². The second kappa shape index (κ2) is 8.75. The van der Waals surface area contributed by atoms with Crippen LogP contribution in [0.5, 0.6) is 11.5 Å². The minimum Gasteiger partial charge on any atom is -0.497 e. The van der Waals surface area contributed by atoms with Crippen molar-refractivity contribution < 1.29 is 19.1 Å². The van der Waals surface area contributed by atoms with Gasteiger partial charge in [-0.05, 0) is 48.9 Å². The van der Waals surface area contributed by atoms with Crippen molar-refractivity contribution in [2.45, 2.75) is 25.4 Å². The monoisotopic (exact) mass is 430 g/mol. The van der Waals surface area contributed by atoms with Crippen LogP contribution in [0, 0.1) is 0 Å². The van der Waals surface area contributed by atoms with E-state index >= 15 is 0 Å². The highest BCUT2D eigenvalue weighted by atomic mass is 16.5. The molecule has 0 saturated carbocycles. The molecule has 164 valence electrons. The molecule has 6 heteroatoms. The third kappa shape index (κ3) is 3.80. The summed E-state index contributed by atoms with van der Waals surface area (Å²) in [4.78, 5) is 28.7. The van der Waals surface area contributed by atoms with Crippen molar-refractivity contribution in [1.82, 2.24) is 5.32 Å². The molecule has 1 unspecified atom stereocenters. The molecule has 6 nitrogen and oxygen atoms in total. The normalized spacial score (nSPS) is 17.5. The van der Waals surface area contributed by atoms with Gasteiger partial charge in [0.05, 0.1) is 14.2 Å². The minimum absolute atomic E-state index is 0.202. The van der Waals surface area contributed by atoms with E-state index in [0.29, 0.717) is 35.7 Å². The van der Waals surface area contributed by atoms with E-state index in [1.807, 2.05) is 49.4 Å². The Kier molecular flexibility index (Phi) is 5.86. The number of nitrogens with zero attached hydrogens (tertiary/aromatic N) is 1. The Balaban J connectivity index is 1.70. The topological polar surface area (TPSA) is 67.9 Å². The summed E-state index contributed by atoms with van der Waals surface area (Å²) in [5.41, 5.74) is 1.86. The highest BCUT2D eigenvalue weighted by Gasteiger charge is 2.47. The third-order valence-corrected chi connectivity index (χ3v) is 5.93. The number of para-hydroxylation sites is 1. The molecule has 1 N–H and O–H groups in total. The van der Waals surface area contributed by atoms with Gasteiger partial charge in [0, 0.05) is 29.8 Å². The first-order chi connectivity index (χ1) is 15.5. The van der Waals surface area contributed by atoms with Crippen LogP contribution >= 0.6 is 0 Å². The van der Waals surface area contributed by atoms with Gasteiger partial charge < -0.3 is 14.8 Å². The third-order valence-electron chi connectivity index (χ3n) is 5.93. The summed E-state index contributed by atoms with van der Waals surface area (Å²) >= 11 is 0. The van der Waals surface area contributed by atoms with Gasteiger partial charge in [-0.15, -0.1) is 0 Å². The lowest BCUT2D eigenvalue weighted by Crippen LogP contribution is -2.63. The average molecular weight is 431 g/mol. The van der Waals surface area contributed by atoms with Crippen molar-refractivity contribution in [1.29, 1.82) is 0 Å². The molecule has 2 amide bonds. The predicted molar refractivity (Wildman–Crippen MR) is 123 cm³/mol. The molecule has 32 heavy (non-hydrogen) atoms. The van der Waals surface area contributed by atoms with Crippen molar-refractivity contribution in [3.05, 3.63) is 89.5 Å². The fourth-order valence-corrected chi connectivity index (χ4v) is 4.21. The standard InChI is InChI=1S/C26H26N2O4/c1-26(25(30)27-17-19-9-5-7-11-23(19)32-3)16-18-8-4-6-10-22(18)24(29)28(26)20-12-14-21(31-2)15-13-20/h4-15H,16-17H2,1-3H3,(H,27,30). The van der Waals surface area contributed by atoms with Crippen LogP contribution in [0.3, 0.4) is 0 Å². The molecule has 0 aromatic heterocycles. The fraction of sp³-hybridized carbons (Fsp3) is 0.231. The number of fused-ring (bicyclic) bond motifs is 1. The lowest BCUT2D eigenvalue weighted by Gasteiger charge is -2.44. The zero-order valence-corrected chi connectivity index (χ0v) is 18.4. The van der Waals surface area contributed by atoms with E-state index in [1.165, 1.54) is 0 Å². The lowest BCUT2D eigenvalue weighted by molar-refractivity contribution is -0.126. The van der Waals surface area contributed by atoms with E-state index < -0.39 is 5.54 Å². The van der Waals surface area contributed by atoms with Crippen LogP contribution in [0.25, 0.3) is 0 Å². The Bertz CT molecular complexity index is 1140. The number of rotatable bonds is 6. The predicted octanol–water partition coefficient (Wildman–Crippen LogP) is 3.98. The molecule has 0 aliphatic carbocycles. The number of hydrogen-bond donors (Lipinski definition) is 1. The van der Waals surface area contributed by atoms with Gasteiger partial charge in [-0.2, -0.15) is 0 Å². The number of methoxy groups -OCH3 is 2. The van der Waals surface area contributed by atoms with Gasteiger partial charge in [-0.3, -0.25) is 14.5 Å². The molecule has 3 aromatic carbocycles. The number of carbonyl (C=O) groups excluding carboxylic acids is 2. The van der Waals surface area contributed by atoms with Gasteiger partial charge in [-0.25, -0.2) is 0 Å². The molecule has 0 saturated heterocycles. The summed E-state index contributed by atoms with van der Waals surface area (Å²) in [6, 6.07) is 22.2. The van der Waals surface area contributed by atoms with E-state index in [4.69, 9.17) is 9.47 Å². The number of hydrogen-bond acceptors (Lipinski definition) is 4. The van der Waals surface area contributed by atoms with Crippen molar-refractivity contribution in [2.24, 2.45) is 0 Å². The van der Waals surface area contributed by atoms with E-state index in [-0.39, 0.29) is 11.8 Å². The molecule has 3 aromatic rings. The lowest BCUT2D eigenvalue weighted by atomic mass is 9.82. The number of ether oxygens (including phenoxy) is 2. The molecular formula is C26H26N2O4. The largest absolute Gasteiger partial charge is 0.497 e. The number of carbonyl (C=O) groups is 2. The fourth-order valence-electron chi connectivity index (χ4n) is 4.21. The maximum absolute atomic E-state index is 13.6. The Morgan fingerprint density at radius 2 is 1.66 bits per heavy atom.